The maximum atomic E-state index is 12.3. The van der Waals surface area contributed by atoms with E-state index in [1.807, 2.05) is 0 Å². The first-order valence-corrected chi connectivity index (χ1v) is 7.92. The zero-order valence-electron chi connectivity index (χ0n) is 14.4. The minimum Gasteiger partial charge on any atom is -0.497 e. The van der Waals surface area contributed by atoms with Gasteiger partial charge in [0.25, 0.3) is 5.91 Å². The van der Waals surface area contributed by atoms with Crippen molar-refractivity contribution in [3.63, 3.8) is 0 Å². The third kappa shape index (κ3) is 5.24. The van der Waals surface area contributed by atoms with Gasteiger partial charge < -0.3 is 19.5 Å². The predicted octanol–water partition coefficient (Wildman–Crippen LogP) is 3.28. The number of rotatable bonds is 7. The first kappa shape index (κ1) is 18.3. The van der Waals surface area contributed by atoms with Crippen molar-refractivity contribution in [3.8, 4) is 11.5 Å². The third-order valence-corrected chi connectivity index (χ3v) is 3.36. The highest BCUT2D eigenvalue weighted by molar-refractivity contribution is 5.96. The maximum absolute atomic E-state index is 12.3. The van der Waals surface area contributed by atoms with Crippen LogP contribution in [0.3, 0.4) is 0 Å². The molecule has 1 N–H and O–H groups in total. The van der Waals surface area contributed by atoms with Gasteiger partial charge in [-0.15, -0.1) is 0 Å². The van der Waals surface area contributed by atoms with E-state index >= 15 is 0 Å². The van der Waals surface area contributed by atoms with Crippen molar-refractivity contribution in [2.45, 2.75) is 20.0 Å². The molecule has 0 saturated heterocycles. The summed E-state index contributed by atoms with van der Waals surface area (Å²) >= 11 is 0. The number of carbonyl (C=O) groups excluding carboxylic acids is 2. The van der Waals surface area contributed by atoms with Gasteiger partial charge in [-0.1, -0.05) is 12.1 Å². The van der Waals surface area contributed by atoms with Gasteiger partial charge >= 0.3 is 5.97 Å². The number of carbonyl (C=O) groups is 2. The van der Waals surface area contributed by atoms with Gasteiger partial charge in [0.05, 0.1) is 19.3 Å². The molecule has 0 aliphatic carbocycles. The number of methoxy groups -OCH3 is 1. The molecule has 0 aliphatic rings. The average Bonchev–Trinajstić information content (AvgIpc) is 2.62. The summed E-state index contributed by atoms with van der Waals surface area (Å²) in [6.07, 6.45) is -0.724. The fourth-order valence-electron chi connectivity index (χ4n) is 2.11. The second kappa shape index (κ2) is 8.73. The second-order valence-electron chi connectivity index (χ2n) is 5.23. The van der Waals surface area contributed by atoms with Gasteiger partial charge in [0.15, 0.2) is 6.10 Å². The Kier molecular flexibility index (Phi) is 6.39. The Morgan fingerprint density at radius 2 is 1.80 bits per heavy atom. The number of benzene rings is 2. The van der Waals surface area contributed by atoms with Crippen LogP contribution in [0.25, 0.3) is 0 Å². The summed E-state index contributed by atoms with van der Waals surface area (Å²) in [5.74, 6) is 0.414. The fraction of sp³-hybridized carbons (Fsp3) is 0.263. The van der Waals surface area contributed by atoms with E-state index in [1.165, 1.54) is 0 Å². The monoisotopic (exact) mass is 343 g/mol. The van der Waals surface area contributed by atoms with E-state index in [4.69, 9.17) is 14.2 Å². The van der Waals surface area contributed by atoms with Crippen LogP contribution in [0.2, 0.25) is 0 Å². The van der Waals surface area contributed by atoms with Gasteiger partial charge in [0.2, 0.25) is 0 Å². The van der Waals surface area contributed by atoms with E-state index in [-0.39, 0.29) is 5.91 Å². The lowest BCUT2D eigenvalue weighted by Gasteiger charge is -2.15. The molecular formula is C19H21NO5. The summed E-state index contributed by atoms with van der Waals surface area (Å²) in [6, 6.07) is 13.6. The molecule has 2 aromatic rings. The average molecular weight is 343 g/mol. The molecule has 0 saturated carbocycles. The number of hydrogen-bond donors (Lipinski definition) is 1. The predicted molar refractivity (Wildman–Crippen MR) is 94.1 cm³/mol. The van der Waals surface area contributed by atoms with E-state index in [9.17, 15) is 9.59 Å². The van der Waals surface area contributed by atoms with Crippen LogP contribution in [0.15, 0.2) is 48.5 Å². The molecule has 2 rings (SSSR count). The number of ether oxygens (including phenoxy) is 3. The molecule has 0 fully saturated rings. The summed E-state index contributed by atoms with van der Waals surface area (Å²) < 4.78 is 15.7. The first-order valence-electron chi connectivity index (χ1n) is 7.92. The van der Waals surface area contributed by atoms with Crippen LogP contribution in [0.1, 0.15) is 24.2 Å². The summed E-state index contributed by atoms with van der Waals surface area (Å²) in [4.78, 5) is 24.0. The molecule has 25 heavy (non-hydrogen) atoms. The van der Waals surface area contributed by atoms with E-state index in [0.29, 0.717) is 29.4 Å². The molecule has 1 atom stereocenters. The van der Waals surface area contributed by atoms with Crippen LogP contribution in [-0.4, -0.2) is 31.7 Å². The maximum Gasteiger partial charge on any atom is 0.338 e. The van der Waals surface area contributed by atoms with Crippen molar-refractivity contribution in [2.75, 3.05) is 19.0 Å². The van der Waals surface area contributed by atoms with Gasteiger partial charge in [-0.05, 0) is 44.2 Å². The molecule has 0 heterocycles. The zero-order valence-corrected chi connectivity index (χ0v) is 14.4. The fourth-order valence-corrected chi connectivity index (χ4v) is 2.11. The highest BCUT2D eigenvalue weighted by Crippen LogP contribution is 2.20. The van der Waals surface area contributed by atoms with Gasteiger partial charge in [0, 0.05) is 11.8 Å². The quantitative estimate of drug-likeness (QED) is 0.781. The minimum atomic E-state index is -0.724. The van der Waals surface area contributed by atoms with Crippen LogP contribution in [0.4, 0.5) is 5.69 Å². The first-order chi connectivity index (χ1) is 12.0. The molecule has 132 valence electrons. The standard InChI is InChI=1S/C19H21NO5/c1-4-24-19(22)14-7-5-8-15(11-14)20-18(21)13(2)25-17-10-6-9-16(12-17)23-3/h5-13H,4H2,1-3H3,(H,20,21)/t13-/m0/s1. The third-order valence-electron chi connectivity index (χ3n) is 3.36. The van der Waals surface area contributed by atoms with Gasteiger partial charge in [-0.3, -0.25) is 4.79 Å². The Balaban J connectivity index is 2.01. The van der Waals surface area contributed by atoms with Crippen LogP contribution < -0.4 is 14.8 Å². The molecule has 0 aromatic heterocycles. The van der Waals surface area contributed by atoms with Gasteiger partial charge in [-0.25, -0.2) is 4.79 Å². The largest absolute Gasteiger partial charge is 0.497 e. The summed E-state index contributed by atoms with van der Waals surface area (Å²) in [7, 11) is 1.56. The van der Waals surface area contributed by atoms with E-state index in [2.05, 4.69) is 5.32 Å². The lowest BCUT2D eigenvalue weighted by molar-refractivity contribution is -0.122. The molecule has 0 radical (unpaired) electrons. The van der Waals surface area contributed by atoms with E-state index < -0.39 is 12.1 Å². The van der Waals surface area contributed by atoms with Crippen molar-refractivity contribution in [2.24, 2.45) is 0 Å². The molecule has 6 heteroatoms. The smallest absolute Gasteiger partial charge is 0.338 e. The SMILES string of the molecule is CCOC(=O)c1cccc(NC(=O)[C@H](C)Oc2cccc(OC)c2)c1. The Labute approximate surface area is 146 Å². The van der Waals surface area contributed by atoms with Crippen molar-refractivity contribution < 1.29 is 23.8 Å². The highest BCUT2D eigenvalue weighted by Gasteiger charge is 2.16. The van der Waals surface area contributed by atoms with Crippen LogP contribution in [-0.2, 0) is 9.53 Å². The van der Waals surface area contributed by atoms with E-state index in [1.54, 1.807) is 69.5 Å². The number of amides is 1. The van der Waals surface area contributed by atoms with Crippen LogP contribution >= 0.6 is 0 Å². The number of nitrogens with one attached hydrogen (secondary N) is 1. The Morgan fingerprint density at radius 3 is 2.52 bits per heavy atom. The summed E-state index contributed by atoms with van der Waals surface area (Å²) in [6.45, 7) is 3.67. The highest BCUT2D eigenvalue weighted by atomic mass is 16.5. The second-order valence-corrected chi connectivity index (χ2v) is 5.23. The van der Waals surface area contributed by atoms with Crippen LogP contribution in [0.5, 0.6) is 11.5 Å². The molecule has 2 aromatic carbocycles. The molecule has 1 amide bonds. The number of anilines is 1. The molecule has 0 spiro atoms. The molecule has 6 nitrogen and oxygen atoms in total. The molecule has 0 aliphatic heterocycles. The van der Waals surface area contributed by atoms with Crippen molar-refractivity contribution in [1.29, 1.82) is 0 Å². The summed E-state index contributed by atoms with van der Waals surface area (Å²) in [5, 5.41) is 2.72. The zero-order chi connectivity index (χ0) is 18.2. The number of hydrogen-bond acceptors (Lipinski definition) is 5. The van der Waals surface area contributed by atoms with Crippen molar-refractivity contribution in [3.05, 3.63) is 54.1 Å². The van der Waals surface area contributed by atoms with Gasteiger partial charge in [-0.2, -0.15) is 0 Å². The number of esters is 1. The van der Waals surface area contributed by atoms with Crippen molar-refractivity contribution in [1.82, 2.24) is 0 Å². The summed E-state index contributed by atoms with van der Waals surface area (Å²) in [5.41, 5.74) is 0.873. The van der Waals surface area contributed by atoms with Gasteiger partial charge in [0.1, 0.15) is 11.5 Å². The topological polar surface area (TPSA) is 73.9 Å². The van der Waals surface area contributed by atoms with E-state index in [0.717, 1.165) is 0 Å². The van der Waals surface area contributed by atoms with Crippen molar-refractivity contribution >= 4 is 17.6 Å². The lowest BCUT2D eigenvalue weighted by atomic mass is 10.2. The van der Waals surface area contributed by atoms with Crippen LogP contribution in [0, 0.1) is 0 Å². The lowest BCUT2D eigenvalue weighted by Crippen LogP contribution is -2.30. The Hall–Kier alpha value is -3.02. The minimum absolute atomic E-state index is 0.292. The normalized spacial score (nSPS) is 11.3. The molecular weight excluding hydrogens is 322 g/mol. The Morgan fingerprint density at radius 1 is 1.08 bits per heavy atom. The molecule has 0 unspecified atom stereocenters. The molecule has 0 bridgehead atoms. The Bertz CT molecular complexity index is 744.